The van der Waals surface area contributed by atoms with Gasteiger partial charge >= 0.3 is 0 Å². The lowest BCUT2D eigenvalue weighted by Gasteiger charge is -2.35. The maximum atomic E-state index is 13.2. The monoisotopic (exact) mass is 482 g/mol. The lowest BCUT2D eigenvalue weighted by atomic mass is 10.1. The maximum Gasteiger partial charge on any atom is 0.255 e. The molecule has 0 radical (unpaired) electrons. The van der Waals surface area contributed by atoms with Crippen LogP contribution in [0, 0.1) is 5.82 Å². The van der Waals surface area contributed by atoms with Crippen LogP contribution < -0.4 is 4.74 Å². The molecular formula is C21H21BrClFN2O3. The largest absolute Gasteiger partial charge is 0.492 e. The standard InChI is InChI=1S/C21H21BrClFN2O3/c22-17-4-1-2-5-19(17)29-13-3-6-20(27)25-9-11-26(12-10-25)21(28)16-8-7-15(24)14-18(16)23/h1-2,4-5,7-8,14H,3,6,9-13H2. The number of carbonyl (C=O) groups is 2. The normalized spacial score (nSPS) is 14.0. The first-order chi connectivity index (χ1) is 14.0. The highest BCUT2D eigenvalue weighted by molar-refractivity contribution is 9.10. The number of hydrogen-bond donors (Lipinski definition) is 0. The Morgan fingerprint density at radius 3 is 2.45 bits per heavy atom. The molecule has 0 bridgehead atoms. The zero-order valence-corrected chi connectivity index (χ0v) is 18.1. The number of piperazine rings is 1. The summed E-state index contributed by atoms with van der Waals surface area (Å²) in [4.78, 5) is 28.4. The summed E-state index contributed by atoms with van der Waals surface area (Å²) in [6.07, 6.45) is 1.01. The van der Waals surface area contributed by atoms with Crippen molar-refractivity contribution in [1.29, 1.82) is 0 Å². The first kappa shape index (κ1) is 21.6. The van der Waals surface area contributed by atoms with Gasteiger partial charge in [-0.25, -0.2) is 4.39 Å². The van der Waals surface area contributed by atoms with Crippen molar-refractivity contribution < 1.29 is 18.7 Å². The van der Waals surface area contributed by atoms with Gasteiger partial charge in [0.05, 0.1) is 21.7 Å². The summed E-state index contributed by atoms with van der Waals surface area (Å²) in [6, 6.07) is 11.3. The van der Waals surface area contributed by atoms with Gasteiger partial charge in [-0.05, 0) is 52.7 Å². The topological polar surface area (TPSA) is 49.9 Å². The van der Waals surface area contributed by atoms with Crippen LogP contribution in [0.4, 0.5) is 4.39 Å². The van der Waals surface area contributed by atoms with Crippen LogP contribution in [0.15, 0.2) is 46.9 Å². The van der Waals surface area contributed by atoms with Gasteiger partial charge in [0.25, 0.3) is 5.91 Å². The molecule has 2 amide bonds. The summed E-state index contributed by atoms with van der Waals surface area (Å²) < 4.78 is 19.7. The van der Waals surface area contributed by atoms with Crippen molar-refractivity contribution in [2.45, 2.75) is 12.8 Å². The second-order valence-electron chi connectivity index (χ2n) is 6.68. The lowest BCUT2D eigenvalue weighted by Crippen LogP contribution is -2.50. The van der Waals surface area contributed by atoms with Crippen molar-refractivity contribution in [1.82, 2.24) is 9.80 Å². The van der Waals surface area contributed by atoms with Gasteiger partial charge in [0.15, 0.2) is 0 Å². The molecule has 0 unspecified atom stereocenters. The Morgan fingerprint density at radius 1 is 1.07 bits per heavy atom. The highest BCUT2D eigenvalue weighted by atomic mass is 79.9. The van der Waals surface area contributed by atoms with E-state index >= 15 is 0 Å². The fourth-order valence-corrected chi connectivity index (χ4v) is 3.76. The fourth-order valence-electron chi connectivity index (χ4n) is 3.12. The van der Waals surface area contributed by atoms with Crippen LogP contribution in [0.5, 0.6) is 5.75 Å². The Kier molecular flexibility index (Phi) is 7.50. The second kappa shape index (κ2) is 10.1. The molecule has 29 heavy (non-hydrogen) atoms. The van der Waals surface area contributed by atoms with E-state index in [1.165, 1.54) is 12.1 Å². The summed E-state index contributed by atoms with van der Waals surface area (Å²) >= 11 is 9.40. The number of amides is 2. The number of halogens is 3. The van der Waals surface area contributed by atoms with E-state index in [4.69, 9.17) is 16.3 Å². The van der Waals surface area contributed by atoms with Gasteiger partial charge in [-0.15, -0.1) is 0 Å². The number of ether oxygens (including phenoxy) is 1. The van der Waals surface area contributed by atoms with Gasteiger partial charge in [0, 0.05) is 32.6 Å². The Morgan fingerprint density at radius 2 is 1.76 bits per heavy atom. The molecule has 0 spiro atoms. The predicted octanol–water partition coefficient (Wildman–Crippen LogP) is 4.39. The summed E-state index contributed by atoms with van der Waals surface area (Å²) in [7, 11) is 0. The molecule has 0 N–H and O–H groups in total. The highest BCUT2D eigenvalue weighted by Gasteiger charge is 2.25. The minimum absolute atomic E-state index is 0.0487. The average molecular weight is 484 g/mol. The molecule has 2 aromatic carbocycles. The van der Waals surface area contributed by atoms with Crippen molar-refractivity contribution in [2.24, 2.45) is 0 Å². The maximum absolute atomic E-state index is 13.2. The van der Waals surface area contributed by atoms with Crippen LogP contribution >= 0.6 is 27.5 Å². The number of carbonyl (C=O) groups excluding carboxylic acids is 2. The molecule has 0 atom stereocenters. The number of benzene rings is 2. The third-order valence-electron chi connectivity index (χ3n) is 4.71. The minimum Gasteiger partial charge on any atom is -0.492 e. The van der Waals surface area contributed by atoms with Gasteiger partial charge in [0.1, 0.15) is 11.6 Å². The molecule has 1 aliphatic rings. The quantitative estimate of drug-likeness (QED) is 0.573. The van der Waals surface area contributed by atoms with Crippen molar-refractivity contribution in [3.63, 3.8) is 0 Å². The molecule has 1 aliphatic heterocycles. The Bertz CT molecular complexity index is 888. The molecule has 2 aromatic rings. The molecule has 0 aromatic heterocycles. The van der Waals surface area contributed by atoms with Crippen molar-refractivity contribution in [2.75, 3.05) is 32.8 Å². The Labute approximate surface area is 182 Å². The summed E-state index contributed by atoms with van der Waals surface area (Å²) in [6.45, 7) is 2.23. The van der Waals surface area contributed by atoms with Crippen LogP contribution in [-0.4, -0.2) is 54.4 Å². The molecule has 8 heteroatoms. The van der Waals surface area contributed by atoms with E-state index in [0.717, 1.165) is 16.3 Å². The third-order valence-corrected chi connectivity index (χ3v) is 5.68. The highest BCUT2D eigenvalue weighted by Crippen LogP contribution is 2.24. The molecule has 0 saturated carbocycles. The summed E-state index contributed by atoms with van der Waals surface area (Å²) in [5.41, 5.74) is 0.275. The van der Waals surface area contributed by atoms with Gasteiger partial charge < -0.3 is 14.5 Å². The predicted molar refractivity (Wildman–Crippen MR) is 113 cm³/mol. The number of rotatable bonds is 6. The van der Waals surface area contributed by atoms with E-state index in [-0.39, 0.29) is 22.4 Å². The number of hydrogen-bond acceptors (Lipinski definition) is 3. The van der Waals surface area contributed by atoms with Gasteiger partial charge in [0.2, 0.25) is 5.91 Å². The molecular weight excluding hydrogens is 463 g/mol. The fraction of sp³-hybridized carbons (Fsp3) is 0.333. The molecule has 1 fully saturated rings. The molecule has 5 nitrogen and oxygen atoms in total. The Balaban J connectivity index is 1.42. The van der Waals surface area contributed by atoms with E-state index in [2.05, 4.69) is 15.9 Å². The van der Waals surface area contributed by atoms with Crippen molar-refractivity contribution in [3.8, 4) is 5.75 Å². The number of nitrogens with zero attached hydrogens (tertiary/aromatic N) is 2. The SMILES string of the molecule is O=C(CCCOc1ccccc1Br)N1CCN(C(=O)c2ccc(F)cc2Cl)CC1. The zero-order chi connectivity index (χ0) is 20.8. The van der Waals surface area contributed by atoms with Gasteiger partial charge in [-0.1, -0.05) is 23.7 Å². The van der Waals surface area contributed by atoms with Crippen LogP contribution in [-0.2, 0) is 4.79 Å². The van der Waals surface area contributed by atoms with Crippen molar-refractivity contribution in [3.05, 3.63) is 63.3 Å². The smallest absolute Gasteiger partial charge is 0.255 e. The molecule has 1 heterocycles. The van der Waals surface area contributed by atoms with Crippen LogP contribution in [0.1, 0.15) is 23.2 Å². The lowest BCUT2D eigenvalue weighted by molar-refractivity contribution is -0.132. The average Bonchev–Trinajstić information content (AvgIpc) is 2.72. The van der Waals surface area contributed by atoms with Crippen molar-refractivity contribution >= 4 is 39.3 Å². The van der Waals surface area contributed by atoms with Crippen LogP contribution in [0.25, 0.3) is 0 Å². The van der Waals surface area contributed by atoms with E-state index in [0.29, 0.717) is 45.6 Å². The Hall–Kier alpha value is -2.12. The van der Waals surface area contributed by atoms with E-state index in [9.17, 15) is 14.0 Å². The van der Waals surface area contributed by atoms with E-state index in [1.807, 2.05) is 24.3 Å². The van der Waals surface area contributed by atoms with E-state index in [1.54, 1.807) is 9.80 Å². The van der Waals surface area contributed by atoms with E-state index < -0.39 is 5.82 Å². The van der Waals surface area contributed by atoms with Crippen LogP contribution in [0.2, 0.25) is 5.02 Å². The zero-order valence-electron chi connectivity index (χ0n) is 15.7. The van der Waals surface area contributed by atoms with Crippen LogP contribution in [0.3, 0.4) is 0 Å². The molecule has 3 rings (SSSR count). The molecule has 1 saturated heterocycles. The molecule has 154 valence electrons. The summed E-state index contributed by atoms with van der Waals surface area (Å²) in [5.74, 6) is 0.0775. The number of para-hydroxylation sites is 1. The first-order valence-corrected chi connectivity index (χ1v) is 10.5. The third kappa shape index (κ3) is 5.70. The second-order valence-corrected chi connectivity index (χ2v) is 7.94. The first-order valence-electron chi connectivity index (χ1n) is 9.35. The molecule has 0 aliphatic carbocycles. The minimum atomic E-state index is -0.481. The summed E-state index contributed by atoms with van der Waals surface area (Å²) in [5, 5.41) is 0.0959. The van der Waals surface area contributed by atoms with Gasteiger partial charge in [-0.2, -0.15) is 0 Å². The van der Waals surface area contributed by atoms with Gasteiger partial charge in [-0.3, -0.25) is 9.59 Å².